The summed E-state index contributed by atoms with van der Waals surface area (Å²) in [5, 5.41) is 13.9. The molecule has 0 saturated carbocycles. The molecule has 0 unspecified atom stereocenters. The zero-order chi connectivity index (χ0) is 15.7. The largest absolute Gasteiger partial charge is 0.465 e. The molecular weight excluding hydrogens is 290 g/mol. The monoisotopic (exact) mass is 309 g/mol. The molecule has 7 heteroatoms. The van der Waals surface area contributed by atoms with Crippen LogP contribution >= 0.6 is 11.3 Å². The van der Waals surface area contributed by atoms with Gasteiger partial charge in [0.1, 0.15) is 11.1 Å². The van der Waals surface area contributed by atoms with Gasteiger partial charge in [-0.3, -0.25) is 14.5 Å². The Bertz CT molecular complexity index is 522. The number of rotatable bonds is 8. The Balaban J connectivity index is 2.40. The lowest BCUT2D eigenvalue weighted by Crippen LogP contribution is -2.33. The van der Waals surface area contributed by atoms with Crippen molar-refractivity contribution in [3.63, 3.8) is 0 Å². The van der Waals surface area contributed by atoms with Gasteiger partial charge in [0.25, 0.3) is 0 Å². The highest BCUT2D eigenvalue weighted by atomic mass is 32.1. The fraction of sp³-hybridized carbons (Fsp3) is 0.500. The minimum Gasteiger partial charge on any atom is -0.465 e. The molecular formula is C14H19N3O3S. The fourth-order valence-corrected chi connectivity index (χ4v) is 2.43. The summed E-state index contributed by atoms with van der Waals surface area (Å²) in [7, 11) is 0. The molecule has 0 saturated heterocycles. The van der Waals surface area contributed by atoms with E-state index in [-0.39, 0.29) is 24.8 Å². The van der Waals surface area contributed by atoms with Crippen molar-refractivity contribution in [1.82, 2.24) is 4.90 Å². The Kier molecular flexibility index (Phi) is 7.43. The molecule has 1 rings (SSSR count). The third-order valence-electron chi connectivity index (χ3n) is 2.80. The Morgan fingerprint density at radius 3 is 2.86 bits per heavy atom. The summed E-state index contributed by atoms with van der Waals surface area (Å²) in [5.41, 5.74) is 0.465. The highest BCUT2D eigenvalue weighted by Gasteiger charge is 2.13. The van der Waals surface area contributed by atoms with Crippen LogP contribution in [0.1, 0.15) is 25.8 Å². The first-order chi connectivity index (χ1) is 10.1. The zero-order valence-electron chi connectivity index (χ0n) is 12.2. The van der Waals surface area contributed by atoms with Gasteiger partial charge in [0, 0.05) is 13.0 Å². The van der Waals surface area contributed by atoms with Gasteiger partial charge in [-0.1, -0.05) is 6.92 Å². The maximum absolute atomic E-state index is 11.9. The highest BCUT2D eigenvalue weighted by molar-refractivity contribution is 7.14. The highest BCUT2D eigenvalue weighted by Crippen LogP contribution is 2.22. The molecule has 0 radical (unpaired) electrons. The van der Waals surface area contributed by atoms with Gasteiger partial charge in [-0.05, 0) is 24.9 Å². The molecule has 1 aromatic rings. The predicted octanol–water partition coefficient (Wildman–Crippen LogP) is 1.83. The van der Waals surface area contributed by atoms with E-state index < -0.39 is 0 Å². The summed E-state index contributed by atoms with van der Waals surface area (Å²) in [6.07, 6.45) is 0.260. The molecule has 114 valence electrons. The molecule has 0 aliphatic carbocycles. The minimum atomic E-state index is -0.287. The van der Waals surface area contributed by atoms with Crippen molar-refractivity contribution >= 4 is 28.2 Å². The van der Waals surface area contributed by atoms with Crippen molar-refractivity contribution in [1.29, 1.82) is 5.26 Å². The minimum absolute atomic E-state index is 0.170. The van der Waals surface area contributed by atoms with E-state index in [0.29, 0.717) is 30.3 Å². The van der Waals surface area contributed by atoms with Gasteiger partial charge in [-0.15, -0.1) is 11.3 Å². The van der Waals surface area contributed by atoms with Crippen LogP contribution in [0.5, 0.6) is 0 Å². The van der Waals surface area contributed by atoms with Crippen molar-refractivity contribution in [3.05, 3.63) is 17.0 Å². The topological polar surface area (TPSA) is 82.4 Å². The summed E-state index contributed by atoms with van der Waals surface area (Å²) in [6.45, 7) is 5.34. The number of likely N-dealkylation sites (N-methyl/N-ethyl adjacent to an activating group) is 1. The molecule has 0 atom stereocenters. The molecule has 6 nitrogen and oxygen atoms in total. The standard InChI is InChI=1S/C14H19N3O3S/c1-3-17(10-13(19)20-4-2)7-5-12(18)16-14-11(9-15)6-8-21-14/h6,8H,3-5,7,10H2,1-2H3,(H,16,18). The summed E-state index contributed by atoms with van der Waals surface area (Å²) in [6, 6.07) is 3.69. The SMILES string of the molecule is CCOC(=O)CN(CC)CCC(=O)Nc1sccc1C#N. The van der Waals surface area contributed by atoms with Crippen LogP contribution in [0, 0.1) is 11.3 Å². The first kappa shape index (κ1) is 17.1. The quantitative estimate of drug-likeness (QED) is 0.741. The van der Waals surface area contributed by atoms with Crippen molar-refractivity contribution in [2.75, 3.05) is 31.6 Å². The van der Waals surface area contributed by atoms with Crippen molar-refractivity contribution in [2.45, 2.75) is 20.3 Å². The first-order valence-corrected chi connectivity index (χ1v) is 7.64. The Hall–Kier alpha value is -1.91. The number of hydrogen-bond acceptors (Lipinski definition) is 6. The van der Waals surface area contributed by atoms with Gasteiger partial charge < -0.3 is 10.1 Å². The molecule has 21 heavy (non-hydrogen) atoms. The molecule has 0 aliphatic rings. The Labute approximate surface area is 128 Å². The number of nitriles is 1. The zero-order valence-corrected chi connectivity index (χ0v) is 13.0. The Morgan fingerprint density at radius 1 is 1.48 bits per heavy atom. The van der Waals surface area contributed by atoms with Crippen molar-refractivity contribution < 1.29 is 14.3 Å². The summed E-state index contributed by atoms with van der Waals surface area (Å²) in [4.78, 5) is 25.1. The molecule has 0 spiro atoms. The lowest BCUT2D eigenvalue weighted by molar-refractivity contribution is -0.144. The number of thiophene rings is 1. The summed E-state index contributed by atoms with van der Waals surface area (Å²) in [5.74, 6) is -0.457. The number of esters is 1. The van der Waals surface area contributed by atoms with Gasteiger partial charge in [-0.2, -0.15) is 5.26 Å². The van der Waals surface area contributed by atoms with Crippen LogP contribution in [0.15, 0.2) is 11.4 Å². The number of ether oxygens (including phenoxy) is 1. The van der Waals surface area contributed by atoms with E-state index in [2.05, 4.69) is 5.32 Å². The number of nitrogens with zero attached hydrogens (tertiary/aromatic N) is 2. The molecule has 0 aliphatic heterocycles. The van der Waals surface area contributed by atoms with Crippen LogP contribution in [-0.2, 0) is 14.3 Å². The second kappa shape index (κ2) is 9.10. The average molecular weight is 309 g/mol. The van der Waals surface area contributed by atoms with E-state index in [9.17, 15) is 9.59 Å². The third-order valence-corrected chi connectivity index (χ3v) is 3.63. The fourth-order valence-electron chi connectivity index (χ4n) is 1.68. The molecule has 0 bridgehead atoms. The summed E-state index contributed by atoms with van der Waals surface area (Å²) >= 11 is 1.32. The van der Waals surface area contributed by atoms with Gasteiger partial charge in [0.05, 0.1) is 18.7 Å². The molecule has 1 amide bonds. The van der Waals surface area contributed by atoms with E-state index in [0.717, 1.165) is 0 Å². The van der Waals surface area contributed by atoms with Crippen molar-refractivity contribution in [2.24, 2.45) is 0 Å². The molecule has 1 N–H and O–H groups in total. The lowest BCUT2D eigenvalue weighted by Gasteiger charge is -2.18. The number of nitrogens with one attached hydrogen (secondary N) is 1. The normalized spacial score (nSPS) is 10.2. The third kappa shape index (κ3) is 5.94. The van der Waals surface area contributed by atoms with Crippen LogP contribution in [0.2, 0.25) is 0 Å². The maximum Gasteiger partial charge on any atom is 0.320 e. The van der Waals surface area contributed by atoms with E-state index in [1.54, 1.807) is 18.4 Å². The predicted molar refractivity (Wildman–Crippen MR) is 81.0 cm³/mol. The second-order valence-electron chi connectivity index (χ2n) is 4.25. The van der Waals surface area contributed by atoms with Crippen LogP contribution < -0.4 is 5.32 Å². The van der Waals surface area contributed by atoms with Gasteiger partial charge in [-0.25, -0.2) is 0 Å². The molecule has 1 heterocycles. The average Bonchev–Trinajstić information content (AvgIpc) is 2.90. The van der Waals surface area contributed by atoms with E-state index in [4.69, 9.17) is 10.00 Å². The van der Waals surface area contributed by atoms with Crippen LogP contribution in [-0.4, -0.2) is 43.0 Å². The van der Waals surface area contributed by atoms with Crippen LogP contribution in [0.4, 0.5) is 5.00 Å². The van der Waals surface area contributed by atoms with E-state index in [1.807, 2.05) is 17.9 Å². The van der Waals surface area contributed by atoms with E-state index >= 15 is 0 Å². The second-order valence-corrected chi connectivity index (χ2v) is 5.16. The number of carbonyl (C=O) groups is 2. The van der Waals surface area contributed by atoms with Crippen molar-refractivity contribution in [3.8, 4) is 6.07 Å². The maximum atomic E-state index is 11.9. The Morgan fingerprint density at radius 2 is 2.24 bits per heavy atom. The molecule has 0 aromatic carbocycles. The van der Waals surface area contributed by atoms with Crippen LogP contribution in [0.25, 0.3) is 0 Å². The number of carbonyl (C=O) groups excluding carboxylic acids is 2. The number of anilines is 1. The summed E-state index contributed by atoms with van der Waals surface area (Å²) < 4.78 is 4.88. The lowest BCUT2D eigenvalue weighted by atomic mass is 10.3. The van der Waals surface area contributed by atoms with Crippen LogP contribution in [0.3, 0.4) is 0 Å². The van der Waals surface area contributed by atoms with Gasteiger partial charge >= 0.3 is 5.97 Å². The van der Waals surface area contributed by atoms with E-state index in [1.165, 1.54) is 11.3 Å². The van der Waals surface area contributed by atoms with Gasteiger partial charge in [0.2, 0.25) is 5.91 Å². The van der Waals surface area contributed by atoms with Gasteiger partial charge in [0.15, 0.2) is 0 Å². The number of amides is 1. The molecule has 0 fully saturated rings. The smallest absolute Gasteiger partial charge is 0.320 e. The molecule has 1 aromatic heterocycles. The number of hydrogen-bond donors (Lipinski definition) is 1. The first-order valence-electron chi connectivity index (χ1n) is 6.76.